The Morgan fingerprint density at radius 1 is 0.658 bits per heavy atom. The number of phenols is 1. The van der Waals surface area contributed by atoms with Crippen molar-refractivity contribution in [3.05, 3.63) is 130 Å². The van der Waals surface area contributed by atoms with Gasteiger partial charge in [-0.25, -0.2) is 27.2 Å². The van der Waals surface area contributed by atoms with Crippen molar-refractivity contribution in [1.29, 1.82) is 0 Å². The van der Waals surface area contributed by atoms with E-state index >= 15 is 0 Å². The van der Waals surface area contributed by atoms with Gasteiger partial charge in [0.05, 0.1) is 11.1 Å². The fourth-order valence-corrected chi connectivity index (χ4v) is 2.94. The molecule has 0 aliphatic rings. The lowest BCUT2D eigenvalue weighted by atomic mass is 10.2. The van der Waals surface area contributed by atoms with E-state index < -0.39 is 29.3 Å². The predicted octanol–water partition coefficient (Wildman–Crippen LogP) is 6.27. The minimum absolute atomic E-state index is 0.0312. The maximum atomic E-state index is 14.2. The fourth-order valence-electron chi connectivity index (χ4n) is 2.94. The highest BCUT2D eigenvalue weighted by Gasteiger charge is 2.12. The molecule has 4 aromatic rings. The third kappa shape index (κ3) is 8.09. The summed E-state index contributed by atoms with van der Waals surface area (Å²) in [5.74, 6) is -4.90. The Kier molecular flexibility index (Phi) is 9.42. The van der Waals surface area contributed by atoms with Crippen LogP contribution in [-0.2, 0) is 18.0 Å². The Hall–Kier alpha value is -4.86. The number of aromatic hydroxyl groups is 1. The summed E-state index contributed by atoms with van der Waals surface area (Å²) in [6, 6.07) is 17.8. The smallest absolute Gasteiger partial charge is 0.338 e. The van der Waals surface area contributed by atoms with E-state index in [1.807, 2.05) is 0 Å². The third-order valence-corrected chi connectivity index (χ3v) is 4.95. The average Bonchev–Trinajstić information content (AvgIpc) is 2.90. The van der Waals surface area contributed by atoms with Crippen LogP contribution in [0.4, 0.5) is 17.6 Å². The van der Waals surface area contributed by atoms with Crippen LogP contribution in [0.15, 0.2) is 84.9 Å². The second-order valence-corrected chi connectivity index (χ2v) is 7.73. The van der Waals surface area contributed by atoms with Gasteiger partial charge in [-0.3, -0.25) is 0 Å². The molecule has 0 aliphatic heterocycles. The Balaban J connectivity index is 0.000000304. The molecule has 196 valence electrons. The van der Waals surface area contributed by atoms with Gasteiger partial charge < -0.3 is 19.7 Å². The lowest BCUT2D eigenvalue weighted by Crippen LogP contribution is -2.06. The zero-order valence-corrected chi connectivity index (χ0v) is 19.5. The molecular formula is C28H20F4O6. The molecule has 0 spiro atoms. The molecule has 0 heterocycles. The number of rotatable bonds is 7. The van der Waals surface area contributed by atoms with Gasteiger partial charge in [-0.05, 0) is 71.8 Å². The molecule has 0 amide bonds. The van der Waals surface area contributed by atoms with Crippen molar-refractivity contribution in [3.8, 4) is 11.5 Å². The minimum Gasteiger partial charge on any atom is -0.505 e. The summed E-state index contributed by atoms with van der Waals surface area (Å²) in [4.78, 5) is 22.2. The zero-order valence-electron chi connectivity index (χ0n) is 19.5. The Bertz CT molecular complexity index is 1410. The van der Waals surface area contributed by atoms with E-state index in [-0.39, 0.29) is 41.7 Å². The molecule has 10 heteroatoms. The highest BCUT2D eigenvalue weighted by molar-refractivity contribution is 5.89. The van der Waals surface area contributed by atoms with E-state index in [1.54, 1.807) is 0 Å². The standard InChI is InChI=1S/C21H15F3O3.C7H5FO3/c22-17-6-1-14(2-7-17)12-26-20-10-5-16(11-19(20)24)21(25)27-13-15-3-8-18(23)9-4-15;8-5-3-4(7(10)11)1-2-6(5)9/h1-11H,12-13H2;1-3,9H,(H,10,11). The topological polar surface area (TPSA) is 93.1 Å². The van der Waals surface area contributed by atoms with E-state index in [0.717, 1.165) is 24.3 Å². The first-order valence-corrected chi connectivity index (χ1v) is 10.9. The van der Waals surface area contributed by atoms with Gasteiger partial charge >= 0.3 is 11.9 Å². The molecule has 38 heavy (non-hydrogen) atoms. The van der Waals surface area contributed by atoms with E-state index in [1.165, 1.54) is 60.7 Å². The molecule has 4 rings (SSSR count). The maximum Gasteiger partial charge on any atom is 0.338 e. The molecule has 0 fully saturated rings. The van der Waals surface area contributed by atoms with Gasteiger partial charge in [-0.2, -0.15) is 0 Å². The monoisotopic (exact) mass is 528 g/mol. The van der Waals surface area contributed by atoms with Gasteiger partial charge in [0, 0.05) is 0 Å². The summed E-state index contributed by atoms with van der Waals surface area (Å²) in [5.41, 5.74) is 1.15. The van der Waals surface area contributed by atoms with Crippen LogP contribution in [0.3, 0.4) is 0 Å². The number of ether oxygens (including phenoxy) is 2. The van der Waals surface area contributed by atoms with Crippen molar-refractivity contribution >= 4 is 11.9 Å². The lowest BCUT2D eigenvalue weighted by Gasteiger charge is -2.09. The van der Waals surface area contributed by atoms with E-state index in [9.17, 15) is 27.2 Å². The molecule has 6 nitrogen and oxygen atoms in total. The Labute approximate surface area is 214 Å². The molecule has 0 aliphatic carbocycles. The number of phenolic OH excluding ortho intramolecular Hbond substituents is 1. The summed E-state index contributed by atoms with van der Waals surface area (Å²) in [6.07, 6.45) is 0. The average molecular weight is 528 g/mol. The van der Waals surface area contributed by atoms with Crippen LogP contribution in [0.25, 0.3) is 0 Å². The number of hydrogen-bond acceptors (Lipinski definition) is 5. The predicted molar refractivity (Wildman–Crippen MR) is 128 cm³/mol. The molecule has 0 bridgehead atoms. The van der Waals surface area contributed by atoms with Gasteiger partial charge in [-0.15, -0.1) is 0 Å². The number of carbonyl (C=O) groups is 2. The maximum absolute atomic E-state index is 14.2. The molecule has 0 unspecified atom stereocenters. The lowest BCUT2D eigenvalue weighted by molar-refractivity contribution is 0.0471. The van der Waals surface area contributed by atoms with Crippen molar-refractivity contribution in [3.63, 3.8) is 0 Å². The van der Waals surface area contributed by atoms with Crippen LogP contribution >= 0.6 is 0 Å². The van der Waals surface area contributed by atoms with Crippen molar-refractivity contribution in [2.75, 3.05) is 0 Å². The van der Waals surface area contributed by atoms with Gasteiger partial charge in [0.1, 0.15) is 24.8 Å². The van der Waals surface area contributed by atoms with Crippen LogP contribution in [0.1, 0.15) is 31.8 Å². The summed E-state index contributed by atoms with van der Waals surface area (Å²) in [6.45, 7) is 0.00904. The number of hydrogen-bond donors (Lipinski definition) is 2. The molecule has 0 radical (unpaired) electrons. The first-order chi connectivity index (χ1) is 18.1. The van der Waals surface area contributed by atoms with Crippen LogP contribution in [0.2, 0.25) is 0 Å². The van der Waals surface area contributed by atoms with Gasteiger partial charge in [0.15, 0.2) is 23.1 Å². The normalized spacial score (nSPS) is 10.2. The Morgan fingerprint density at radius 3 is 1.71 bits per heavy atom. The highest BCUT2D eigenvalue weighted by atomic mass is 19.1. The van der Waals surface area contributed by atoms with Crippen molar-refractivity contribution < 1.29 is 46.8 Å². The minimum atomic E-state index is -1.22. The van der Waals surface area contributed by atoms with E-state index in [0.29, 0.717) is 11.1 Å². The molecule has 0 aromatic heterocycles. The molecule has 2 N–H and O–H groups in total. The number of halogens is 4. The number of carbonyl (C=O) groups excluding carboxylic acids is 1. The van der Waals surface area contributed by atoms with Crippen LogP contribution in [0, 0.1) is 23.3 Å². The number of carboxylic acid groups (broad SMARTS) is 1. The summed E-state index contributed by atoms with van der Waals surface area (Å²) in [5, 5.41) is 17.0. The van der Waals surface area contributed by atoms with Crippen LogP contribution in [0.5, 0.6) is 11.5 Å². The van der Waals surface area contributed by atoms with E-state index in [2.05, 4.69) is 0 Å². The van der Waals surface area contributed by atoms with Gasteiger partial charge in [0.25, 0.3) is 0 Å². The summed E-state index contributed by atoms with van der Waals surface area (Å²) < 4.78 is 62.7. The first kappa shape index (κ1) is 27.7. The second-order valence-electron chi connectivity index (χ2n) is 7.73. The summed E-state index contributed by atoms with van der Waals surface area (Å²) >= 11 is 0. The van der Waals surface area contributed by atoms with Gasteiger partial charge in [-0.1, -0.05) is 24.3 Å². The number of carboxylic acids is 1. The highest BCUT2D eigenvalue weighted by Crippen LogP contribution is 2.21. The van der Waals surface area contributed by atoms with Gasteiger partial charge in [0.2, 0.25) is 0 Å². The van der Waals surface area contributed by atoms with E-state index in [4.69, 9.17) is 19.7 Å². The molecule has 0 saturated carbocycles. The third-order valence-electron chi connectivity index (χ3n) is 4.95. The van der Waals surface area contributed by atoms with Crippen molar-refractivity contribution in [2.45, 2.75) is 13.2 Å². The number of aromatic carboxylic acids is 1. The molecule has 0 atom stereocenters. The van der Waals surface area contributed by atoms with Crippen molar-refractivity contribution in [1.82, 2.24) is 0 Å². The van der Waals surface area contributed by atoms with Crippen LogP contribution < -0.4 is 4.74 Å². The molecule has 4 aromatic carbocycles. The number of esters is 1. The van der Waals surface area contributed by atoms with Crippen LogP contribution in [-0.4, -0.2) is 22.2 Å². The fraction of sp³-hybridized carbons (Fsp3) is 0.0714. The molecular weight excluding hydrogens is 508 g/mol. The van der Waals surface area contributed by atoms with Crippen molar-refractivity contribution in [2.24, 2.45) is 0 Å². The summed E-state index contributed by atoms with van der Waals surface area (Å²) in [7, 11) is 0. The Morgan fingerprint density at radius 2 is 1.18 bits per heavy atom. The zero-order chi connectivity index (χ0) is 27.7. The molecule has 0 saturated heterocycles. The largest absolute Gasteiger partial charge is 0.505 e. The number of benzene rings is 4. The SMILES string of the molecule is O=C(O)c1ccc(O)c(F)c1.O=C(OCc1ccc(F)cc1)c1ccc(OCc2ccc(F)cc2)c(F)c1. The quantitative estimate of drug-likeness (QED) is 0.217. The first-order valence-electron chi connectivity index (χ1n) is 10.9. The second kappa shape index (κ2) is 12.9.